The third-order valence-electron chi connectivity index (χ3n) is 2.64. The van der Waals surface area contributed by atoms with Crippen molar-refractivity contribution >= 4 is 6.03 Å². The molecule has 0 saturated carbocycles. The van der Waals surface area contributed by atoms with Gasteiger partial charge in [0.1, 0.15) is 0 Å². The number of carbonyl (C=O) groups is 1. The van der Waals surface area contributed by atoms with Crippen LogP contribution in [-0.4, -0.2) is 36.1 Å². The number of urea groups is 1. The molecule has 0 aliphatic carbocycles. The van der Waals surface area contributed by atoms with E-state index in [9.17, 15) is 4.79 Å². The van der Waals surface area contributed by atoms with Crippen LogP contribution in [0, 0.1) is 5.92 Å². The van der Waals surface area contributed by atoms with Gasteiger partial charge in [-0.3, -0.25) is 0 Å². The van der Waals surface area contributed by atoms with Crippen LogP contribution in [0.25, 0.3) is 0 Å². The number of hydrogen-bond acceptors (Lipinski definition) is 2. The van der Waals surface area contributed by atoms with Crippen LogP contribution in [0.15, 0.2) is 0 Å². The van der Waals surface area contributed by atoms with E-state index in [0.29, 0.717) is 12.5 Å². The lowest BCUT2D eigenvalue weighted by atomic mass is 10.0. The van der Waals surface area contributed by atoms with Crippen molar-refractivity contribution in [3.05, 3.63) is 0 Å². The highest BCUT2D eigenvalue weighted by Gasteiger charge is 2.21. The zero-order chi connectivity index (χ0) is 11.5. The summed E-state index contributed by atoms with van der Waals surface area (Å²) < 4.78 is 0. The van der Waals surface area contributed by atoms with E-state index in [1.165, 1.54) is 6.42 Å². The van der Waals surface area contributed by atoms with Gasteiger partial charge in [0.05, 0.1) is 0 Å². The molecule has 1 atom stereocenters. The molecule has 1 aliphatic rings. The zero-order valence-corrected chi connectivity index (χ0v) is 10.0. The Morgan fingerprint density at radius 2 is 2.27 bits per heavy atom. The van der Waals surface area contributed by atoms with E-state index in [-0.39, 0.29) is 11.6 Å². The highest BCUT2D eigenvalue weighted by Crippen LogP contribution is 2.15. The summed E-state index contributed by atoms with van der Waals surface area (Å²) in [4.78, 5) is 13.6. The highest BCUT2D eigenvalue weighted by atomic mass is 16.2. The Morgan fingerprint density at radius 3 is 2.80 bits per heavy atom. The fourth-order valence-electron chi connectivity index (χ4n) is 1.79. The number of amides is 2. The minimum Gasteiger partial charge on any atom is -0.336 e. The molecule has 2 amide bonds. The van der Waals surface area contributed by atoms with Gasteiger partial charge in [-0.25, -0.2) is 4.79 Å². The fraction of sp³-hybridized carbons (Fsp3) is 0.909. The van der Waals surface area contributed by atoms with Gasteiger partial charge in [-0.2, -0.15) is 0 Å². The van der Waals surface area contributed by atoms with E-state index in [1.54, 1.807) is 0 Å². The van der Waals surface area contributed by atoms with Crippen LogP contribution in [-0.2, 0) is 0 Å². The summed E-state index contributed by atoms with van der Waals surface area (Å²) in [6, 6.07) is 0.0278. The van der Waals surface area contributed by atoms with Crippen molar-refractivity contribution in [2.45, 2.75) is 39.2 Å². The Kier molecular flexibility index (Phi) is 3.97. The van der Waals surface area contributed by atoms with Crippen LogP contribution in [0.1, 0.15) is 33.6 Å². The quantitative estimate of drug-likeness (QED) is 0.723. The first-order valence-corrected chi connectivity index (χ1v) is 5.70. The van der Waals surface area contributed by atoms with Crippen LogP contribution in [0.5, 0.6) is 0 Å². The summed E-state index contributed by atoms with van der Waals surface area (Å²) in [6.45, 7) is 8.28. The summed E-state index contributed by atoms with van der Waals surface area (Å²) in [7, 11) is 0. The number of rotatable bonds is 2. The van der Waals surface area contributed by atoms with Crippen LogP contribution in [0.2, 0.25) is 0 Å². The maximum Gasteiger partial charge on any atom is 0.317 e. The second-order valence-corrected chi connectivity index (χ2v) is 5.34. The molecule has 0 radical (unpaired) electrons. The van der Waals surface area contributed by atoms with Crippen molar-refractivity contribution in [1.29, 1.82) is 0 Å². The molecule has 4 nitrogen and oxygen atoms in total. The maximum absolute atomic E-state index is 11.7. The minimum atomic E-state index is -0.336. The van der Waals surface area contributed by atoms with Crippen LogP contribution in [0.4, 0.5) is 4.79 Å². The summed E-state index contributed by atoms with van der Waals surface area (Å²) in [5.74, 6) is 0.621. The number of nitrogens with zero attached hydrogens (tertiary/aromatic N) is 1. The fourth-order valence-corrected chi connectivity index (χ4v) is 1.79. The monoisotopic (exact) mass is 213 g/mol. The van der Waals surface area contributed by atoms with Gasteiger partial charge in [-0.05, 0) is 32.6 Å². The Morgan fingerprint density at radius 1 is 1.60 bits per heavy atom. The highest BCUT2D eigenvalue weighted by molar-refractivity contribution is 5.74. The first-order chi connectivity index (χ1) is 6.88. The number of nitrogens with two attached hydrogens (primary N) is 1. The standard InChI is InChI=1S/C11H23N3O/c1-9-5-4-6-14(7-9)10(15)13-8-11(2,3)12/h9H,4-8,12H2,1-3H3,(H,13,15). The molecule has 0 aromatic rings. The smallest absolute Gasteiger partial charge is 0.317 e. The molecule has 3 N–H and O–H groups in total. The van der Waals surface area contributed by atoms with E-state index in [0.717, 1.165) is 19.5 Å². The van der Waals surface area contributed by atoms with E-state index in [4.69, 9.17) is 5.73 Å². The van der Waals surface area contributed by atoms with E-state index in [1.807, 2.05) is 18.7 Å². The molecular formula is C11H23N3O. The van der Waals surface area contributed by atoms with Crippen LogP contribution in [0.3, 0.4) is 0 Å². The largest absolute Gasteiger partial charge is 0.336 e. The topological polar surface area (TPSA) is 58.4 Å². The van der Waals surface area contributed by atoms with E-state index in [2.05, 4.69) is 12.2 Å². The van der Waals surface area contributed by atoms with Crippen molar-refractivity contribution in [3.8, 4) is 0 Å². The van der Waals surface area contributed by atoms with Gasteiger partial charge in [-0.1, -0.05) is 6.92 Å². The first-order valence-electron chi connectivity index (χ1n) is 5.70. The Hall–Kier alpha value is -0.770. The molecule has 88 valence electrons. The lowest BCUT2D eigenvalue weighted by Gasteiger charge is -2.32. The average Bonchev–Trinajstić information content (AvgIpc) is 2.13. The van der Waals surface area contributed by atoms with Crippen molar-refractivity contribution < 1.29 is 4.79 Å². The number of hydrogen-bond donors (Lipinski definition) is 2. The molecule has 0 aromatic carbocycles. The molecule has 0 bridgehead atoms. The van der Waals surface area contributed by atoms with Crippen molar-refractivity contribution in [1.82, 2.24) is 10.2 Å². The van der Waals surface area contributed by atoms with Crippen molar-refractivity contribution in [2.24, 2.45) is 11.7 Å². The molecule has 1 aliphatic heterocycles. The molecular weight excluding hydrogens is 190 g/mol. The molecule has 0 spiro atoms. The predicted molar refractivity (Wildman–Crippen MR) is 61.6 cm³/mol. The third kappa shape index (κ3) is 4.51. The van der Waals surface area contributed by atoms with Gasteiger partial charge in [0, 0.05) is 25.2 Å². The SMILES string of the molecule is CC1CCCN(C(=O)NCC(C)(C)N)C1. The molecule has 1 unspecified atom stereocenters. The van der Waals surface area contributed by atoms with Crippen molar-refractivity contribution in [3.63, 3.8) is 0 Å². The van der Waals surface area contributed by atoms with Gasteiger partial charge in [-0.15, -0.1) is 0 Å². The number of likely N-dealkylation sites (tertiary alicyclic amines) is 1. The Bertz CT molecular complexity index is 222. The maximum atomic E-state index is 11.7. The van der Waals surface area contributed by atoms with Crippen molar-refractivity contribution in [2.75, 3.05) is 19.6 Å². The van der Waals surface area contributed by atoms with Gasteiger partial charge in [0.25, 0.3) is 0 Å². The summed E-state index contributed by atoms with van der Waals surface area (Å²) in [5, 5.41) is 2.87. The molecule has 1 heterocycles. The molecule has 15 heavy (non-hydrogen) atoms. The summed E-state index contributed by atoms with van der Waals surface area (Å²) in [5.41, 5.74) is 5.47. The summed E-state index contributed by atoms with van der Waals surface area (Å²) in [6.07, 6.45) is 2.34. The predicted octanol–water partition coefficient (Wildman–Crippen LogP) is 1.17. The Labute approximate surface area is 92.2 Å². The lowest BCUT2D eigenvalue weighted by molar-refractivity contribution is 0.168. The van der Waals surface area contributed by atoms with E-state index < -0.39 is 0 Å². The first kappa shape index (κ1) is 12.3. The molecule has 1 saturated heterocycles. The van der Waals surface area contributed by atoms with Gasteiger partial charge in [0.15, 0.2) is 0 Å². The van der Waals surface area contributed by atoms with Crippen LogP contribution < -0.4 is 11.1 Å². The molecule has 4 heteroatoms. The normalized spacial score (nSPS) is 22.7. The second kappa shape index (κ2) is 4.84. The summed E-state index contributed by atoms with van der Waals surface area (Å²) >= 11 is 0. The number of nitrogens with one attached hydrogen (secondary N) is 1. The average molecular weight is 213 g/mol. The van der Waals surface area contributed by atoms with Gasteiger partial charge < -0.3 is 16.0 Å². The number of carbonyl (C=O) groups excluding carboxylic acids is 1. The molecule has 1 fully saturated rings. The lowest BCUT2D eigenvalue weighted by Crippen LogP contribution is -2.51. The molecule has 1 rings (SSSR count). The second-order valence-electron chi connectivity index (χ2n) is 5.34. The van der Waals surface area contributed by atoms with Gasteiger partial charge in [0.2, 0.25) is 0 Å². The zero-order valence-electron chi connectivity index (χ0n) is 10.0. The van der Waals surface area contributed by atoms with Gasteiger partial charge >= 0.3 is 6.03 Å². The minimum absolute atomic E-state index is 0.0278. The third-order valence-corrected chi connectivity index (χ3v) is 2.64. The number of piperidine rings is 1. The Balaban J connectivity index is 2.33. The van der Waals surface area contributed by atoms with Crippen LogP contribution >= 0.6 is 0 Å². The van der Waals surface area contributed by atoms with E-state index >= 15 is 0 Å². The molecule has 0 aromatic heterocycles.